The summed E-state index contributed by atoms with van der Waals surface area (Å²) in [4.78, 5) is 2.36. The molecule has 0 atom stereocenters. The van der Waals surface area contributed by atoms with Crippen LogP contribution >= 0.6 is 0 Å². The van der Waals surface area contributed by atoms with Crippen LogP contribution in [0.4, 0.5) is 5.69 Å². The molecule has 1 N–H and O–H groups in total. The Labute approximate surface area is 214 Å². The van der Waals surface area contributed by atoms with Gasteiger partial charge in [-0.1, -0.05) is 52.0 Å². The summed E-state index contributed by atoms with van der Waals surface area (Å²) in [5.74, 6) is 1.42. The zero-order valence-electron chi connectivity index (χ0n) is 22.0. The number of anilines is 1. The van der Waals surface area contributed by atoms with Crippen molar-refractivity contribution in [2.75, 3.05) is 37.8 Å². The fraction of sp³-hybridized carbons (Fsp3) is 0.500. The quantitative estimate of drug-likeness (QED) is 0.412. The molecular formula is C32H37NO3. The molecule has 0 aromatic heterocycles. The monoisotopic (exact) mass is 483 g/mol. The number of hydrogen-bond donors (Lipinski definition) is 1. The van der Waals surface area contributed by atoms with Crippen molar-refractivity contribution in [2.24, 2.45) is 10.8 Å². The Morgan fingerprint density at radius 2 is 1.58 bits per heavy atom. The Kier molecular flexibility index (Phi) is 4.63. The summed E-state index contributed by atoms with van der Waals surface area (Å²) in [7, 11) is 0. The van der Waals surface area contributed by atoms with Crippen LogP contribution in [0.5, 0.6) is 11.5 Å². The topological polar surface area (TPSA) is 41.9 Å². The van der Waals surface area contributed by atoms with Gasteiger partial charge in [-0.25, -0.2) is 0 Å². The summed E-state index contributed by atoms with van der Waals surface area (Å²) in [6.45, 7) is 13.6. The molecule has 0 radical (unpaired) electrons. The van der Waals surface area contributed by atoms with Crippen LogP contribution in [-0.2, 0) is 16.6 Å². The summed E-state index contributed by atoms with van der Waals surface area (Å²) in [5.41, 5.74) is 8.16. The van der Waals surface area contributed by atoms with Crippen molar-refractivity contribution in [3.8, 4) is 22.6 Å². The normalized spacial score (nSPS) is 22.8. The van der Waals surface area contributed by atoms with Crippen LogP contribution in [0.15, 0.2) is 36.4 Å². The zero-order valence-corrected chi connectivity index (χ0v) is 22.0. The molecule has 3 aromatic rings. The zero-order chi connectivity index (χ0) is 24.9. The largest absolute Gasteiger partial charge is 0.507 e. The van der Waals surface area contributed by atoms with Crippen molar-refractivity contribution in [1.82, 2.24) is 0 Å². The molecule has 1 spiro atoms. The molecule has 4 heteroatoms. The van der Waals surface area contributed by atoms with Gasteiger partial charge in [0.15, 0.2) is 0 Å². The van der Waals surface area contributed by atoms with Crippen LogP contribution < -0.4 is 9.64 Å². The maximum Gasteiger partial charge on any atom is 0.146 e. The molecule has 2 aliphatic heterocycles. The number of benzene rings is 3. The van der Waals surface area contributed by atoms with E-state index in [1.165, 1.54) is 39.6 Å². The van der Waals surface area contributed by atoms with Crippen LogP contribution in [0.1, 0.15) is 63.6 Å². The molecule has 188 valence electrons. The highest BCUT2D eigenvalue weighted by molar-refractivity contribution is 6.09. The fourth-order valence-electron chi connectivity index (χ4n) is 8.73. The van der Waals surface area contributed by atoms with Crippen LogP contribution in [0, 0.1) is 10.8 Å². The molecule has 4 aliphatic rings. The van der Waals surface area contributed by atoms with Crippen LogP contribution in [0.3, 0.4) is 0 Å². The van der Waals surface area contributed by atoms with Crippen molar-refractivity contribution in [2.45, 2.75) is 58.8 Å². The maximum absolute atomic E-state index is 11.7. The molecule has 0 unspecified atom stereocenters. The Hall–Kier alpha value is -2.72. The van der Waals surface area contributed by atoms with Crippen LogP contribution in [0.25, 0.3) is 21.9 Å². The van der Waals surface area contributed by atoms with Crippen molar-refractivity contribution >= 4 is 16.5 Å². The molecule has 36 heavy (non-hydrogen) atoms. The lowest BCUT2D eigenvalue weighted by Gasteiger charge is -2.51. The van der Waals surface area contributed by atoms with Gasteiger partial charge < -0.3 is 19.5 Å². The molecule has 4 nitrogen and oxygen atoms in total. The lowest BCUT2D eigenvalue weighted by molar-refractivity contribution is 0.0645. The predicted molar refractivity (Wildman–Crippen MR) is 145 cm³/mol. The first kappa shape index (κ1) is 22.5. The third-order valence-corrected chi connectivity index (χ3v) is 9.13. The fourth-order valence-corrected chi connectivity index (χ4v) is 8.73. The van der Waals surface area contributed by atoms with E-state index in [9.17, 15) is 5.11 Å². The standard InChI is InChI=1S/C32H37NO3/c1-30(2)17-31(3,4)19-32(18-30)23-8-6-5-7-20(23)28-24(32)16-26(34)22-15-25(33-10-13-35-14-11-33)29-21(27(22)28)9-12-36-29/h5-8,15-16,34H,9-14,17-19H2,1-4H3. The molecule has 0 bridgehead atoms. The minimum absolute atomic E-state index is 0.0852. The molecule has 2 fully saturated rings. The van der Waals surface area contributed by atoms with E-state index in [-0.39, 0.29) is 16.2 Å². The van der Waals surface area contributed by atoms with E-state index in [1.54, 1.807) is 0 Å². The molecule has 1 saturated carbocycles. The summed E-state index contributed by atoms with van der Waals surface area (Å²) < 4.78 is 11.9. The summed E-state index contributed by atoms with van der Waals surface area (Å²) in [6, 6.07) is 13.4. The third-order valence-electron chi connectivity index (χ3n) is 9.13. The number of aromatic hydroxyl groups is 1. The molecule has 1 saturated heterocycles. The number of ether oxygens (including phenoxy) is 2. The van der Waals surface area contributed by atoms with Crippen LogP contribution in [-0.4, -0.2) is 38.0 Å². The van der Waals surface area contributed by atoms with Gasteiger partial charge in [0.25, 0.3) is 0 Å². The molecule has 3 aromatic carbocycles. The molecule has 7 rings (SSSR count). The lowest BCUT2D eigenvalue weighted by atomic mass is 9.52. The number of nitrogens with zero attached hydrogens (tertiary/aromatic N) is 1. The number of phenols is 1. The Balaban J connectivity index is 1.55. The first-order valence-electron chi connectivity index (χ1n) is 13.6. The molecule has 2 heterocycles. The van der Waals surface area contributed by atoms with E-state index in [0.29, 0.717) is 12.4 Å². The van der Waals surface area contributed by atoms with E-state index < -0.39 is 0 Å². The van der Waals surface area contributed by atoms with Crippen LogP contribution in [0.2, 0.25) is 0 Å². The van der Waals surface area contributed by atoms with E-state index in [2.05, 4.69) is 69.0 Å². The van der Waals surface area contributed by atoms with Gasteiger partial charge in [0.05, 0.1) is 25.5 Å². The van der Waals surface area contributed by atoms with Crippen molar-refractivity contribution in [1.29, 1.82) is 0 Å². The number of rotatable bonds is 1. The molecular weight excluding hydrogens is 446 g/mol. The summed E-state index contributed by atoms with van der Waals surface area (Å²) >= 11 is 0. The van der Waals surface area contributed by atoms with Gasteiger partial charge >= 0.3 is 0 Å². The van der Waals surface area contributed by atoms with Gasteiger partial charge in [-0.2, -0.15) is 0 Å². The van der Waals surface area contributed by atoms with E-state index in [4.69, 9.17) is 9.47 Å². The van der Waals surface area contributed by atoms with E-state index in [0.717, 1.165) is 62.4 Å². The highest BCUT2D eigenvalue weighted by Crippen LogP contribution is 2.65. The van der Waals surface area contributed by atoms with Crippen molar-refractivity contribution < 1.29 is 14.6 Å². The molecule has 0 amide bonds. The average molecular weight is 484 g/mol. The van der Waals surface area contributed by atoms with Gasteiger partial charge in [0.1, 0.15) is 11.5 Å². The number of hydrogen-bond acceptors (Lipinski definition) is 4. The number of morpholine rings is 1. The highest BCUT2D eigenvalue weighted by Gasteiger charge is 2.54. The first-order valence-corrected chi connectivity index (χ1v) is 13.6. The van der Waals surface area contributed by atoms with Gasteiger partial charge in [0.2, 0.25) is 0 Å². The Morgan fingerprint density at radius 3 is 2.33 bits per heavy atom. The smallest absolute Gasteiger partial charge is 0.146 e. The van der Waals surface area contributed by atoms with Gasteiger partial charge in [-0.05, 0) is 64.5 Å². The second-order valence-corrected chi connectivity index (χ2v) is 13.1. The second-order valence-electron chi connectivity index (χ2n) is 13.1. The minimum atomic E-state index is -0.0852. The highest BCUT2D eigenvalue weighted by atomic mass is 16.5. The Bertz CT molecular complexity index is 1380. The second kappa shape index (κ2) is 7.41. The molecule has 2 aliphatic carbocycles. The van der Waals surface area contributed by atoms with Gasteiger partial charge in [-0.3, -0.25) is 0 Å². The van der Waals surface area contributed by atoms with Gasteiger partial charge in [0, 0.05) is 41.3 Å². The van der Waals surface area contributed by atoms with Crippen molar-refractivity contribution in [3.05, 3.63) is 53.1 Å². The summed E-state index contributed by atoms with van der Waals surface area (Å²) in [6.07, 6.45) is 4.29. The van der Waals surface area contributed by atoms with E-state index >= 15 is 0 Å². The Morgan fingerprint density at radius 1 is 0.861 bits per heavy atom. The minimum Gasteiger partial charge on any atom is -0.507 e. The predicted octanol–water partition coefficient (Wildman–Crippen LogP) is 6.82. The number of fused-ring (bicyclic) bond motifs is 9. The van der Waals surface area contributed by atoms with Crippen molar-refractivity contribution in [3.63, 3.8) is 0 Å². The first-order chi connectivity index (χ1) is 17.2. The maximum atomic E-state index is 11.7. The third kappa shape index (κ3) is 3.09. The van der Waals surface area contributed by atoms with Gasteiger partial charge in [-0.15, -0.1) is 0 Å². The van der Waals surface area contributed by atoms with E-state index in [1.807, 2.05) is 0 Å². The summed E-state index contributed by atoms with van der Waals surface area (Å²) in [5, 5.41) is 13.8. The lowest BCUT2D eigenvalue weighted by Crippen LogP contribution is -2.43. The average Bonchev–Trinajstić information content (AvgIpc) is 3.40. The SMILES string of the molecule is CC1(C)CC(C)(C)CC2(C1)c1ccccc1-c1c2cc(O)c2cc(N3CCOCC3)c3c(c12)CCO3. The number of phenolic OH excluding ortho intramolecular Hbond substituents is 1.